The van der Waals surface area contributed by atoms with Gasteiger partial charge in [0.15, 0.2) is 0 Å². The number of carbonyl (C=O) groups is 1. The predicted octanol–water partition coefficient (Wildman–Crippen LogP) is 1.91. The van der Waals surface area contributed by atoms with Crippen molar-refractivity contribution in [2.75, 3.05) is 16.8 Å². The highest BCUT2D eigenvalue weighted by Crippen LogP contribution is 2.30. The van der Waals surface area contributed by atoms with Crippen LogP contribution < -0.4 is 10.2 Å². The summed E-state index contributed by atoms with van der Waals surface area (Å²) in [6.45, 7) is 0.724. The predicted molar refractivity (Wildman–Crippen MR) is 75.1 cm³/mol. The Morgan fingerprint density at radius 2 is 2.20 bits per heavy atom. The van der Waals surface area contributed by atoms with Gasteiger partial charge in [-0.25, -0.2) is 4.98 Å². The summed E-state index contributed by atoms with van der Waals surface area (Å²) in [5.74, 6) is 0.0130. The first kappa shape index (κ1) is 12.2. The summed E-state index contributed by atoms with van der Waals surface area (Å²) in [5, 5.41) is 12.0. The Morgan fingerprint density at radius 1 is 1.35 bits per heavy atom. The van der Waals surface area contributed by atoms with Crippen molar-refractivity contribution >= 4 is 17.3 Å². The zero-order chi connectivity index (χ0) is 13.9. The van der Waals surface area contributed by atoms with E-state index < -0.39 is 0 Å². The van der Waals surface area contributed by atoms with Crippen molar-refractivity contribution in [3.05, 3.63) is 53.9 Å². The lowest BCUT2D eigenvalue weighted by Gasteiger charge is -2.30. The van der Waals surface area contributed by atoms with Crippen molar-refractivity contribution in [3.63, 3.8) is 0 Å². The first-order chi connectivity index (χ1) is 9.78. The molecule has 0 bridgehead atoms. The van der Waals surface area contributed by atoms with Gasteiger partial charge in [-0.1, -0.05) is 12.1 Å². The number of nitriles is 1. The second-order valence-corrected chi connectivity index (χ2v) is 4.51. The van der Waals surface area contributed by atoms with E-state index in [1.165, 1.54) is 0 Å². The number of carbonyl (C=O) groups excluding carboxylic acids is 1. The third-order valence-electron chi connectivity index (χ3n) is 3.21. The van der Waals surface area contributed by atoms with Crippen LogP contribution >= 0.6 is 0 Å². The maximum absolute atomic E-state index is 12.1. The van der Waals surface area contributed by atoms with Crippen molar-refractivity contribution in [3.8, 4) is 6.07 Å². The first-order valence-electron chi connectivity index (χ1n) is 6.26. The zero-order valence-electron chi connectivity index (χ0n) is 10.7. The van der Waals surface area contributed by atoms with Gasteiger partial charge in [-0.15, -0.1) is 0 Å². The summed E-state index contributed by atoms with van der Waals surface area (Å²) in [5.41, 5.74) is 3.06. The number of anilines is 2. The van der Waals surface area contributed by atoms with E-state index >= 15 is 0 Å². The summed E-state index contributed by atoms with van der Waals surface area (Å²) in [4.78, 5) is 17.8. The Kier molecular flexibility index (Phi) is 3.05. The minimum Gasteiger partial charge on any atom is -0.374 e. The molecule has 2 heterocycles. The van der Waals surface area contributed by atoms with Crippen LogP contribution in [0.5, 0.6) is 0 Å². The van der Waals surface area contributed by atoms with Crippen LogP contribution in [0.25, 0.3) is 0 Å². The number of fused-ring (bicyclic) bond motifs is 1. The molecule has 1 aliphatic heterocycles. The van der Waals surface area contributed by atoms with Crippen LogP contribution in [0.2, 0.25) is 0 Å². The Bertz CT molecular complexity index is 705. The normalized spacial score (nSPS) is 13.3. The molecule has 0 saturated heterocycles. The van der Waals surface area contributed by atoms with E-state index in [4.69, 9.17) is 5.26 Å². The Labute approximate surface area is 116 Å². The summed E-state index contributed by atoms with van der Waals surface area (Å²) in [7, 11) is 0. The fourth-order valence-electron chi connectivity index (χ4n) is 2.25. The van der Waals surface area contributed by atoms with Crippen molar-refractivity contribution in [2.24, 2.45) is 0 Å². The van der Waals surface area contributed by atoms with Gasteiger partial charge >= 0.3 is 0 Å². The van der Waals surface area contributed by atoms with E-state index in [9.17, 15) is 4.79 Å². The van der Waals surface area contributed by atoms with E-state index in [-0.39, 0.29) is 12.5 Å². The molecule has 1 amide bonds. The standard InChI is InChI=1S/C15H12N4O/c16-8-12-7-11(5-6-17-12)10-19-14-4-2-1-3-13(14)18-9-15(19)20/h1-7,18H,9-10H2. The molecule has 5 nitrogen and oxygen atoms in total. The number of para-hydroxylation sites is 2. The van der Waals surface area contributed by atoms with Crippen molar-refractivity contribution in [1.82, 2.24) is 4.98 Å². The minimum atomic E-state index is 0.0130. The number of hydrogen-bond acceptors (Lipinski definition) is 4. The number of nitrogens with zero attached hydrogens (tertiary/aromatic N) is 3. The number of aromatic nitrogens is 1. The van der Waals surface area contributed by atoms with Gasteiger partial charge in [-0.05, 0) is 29.8 Å². The Hall–Kier alpha value is -2.87. The smallest absolute Gasteiger partial charge is 0.246 e. The van der Waals surface area contributed by atoms with E-state index in [1.807, 2.05) is 36.4 Å². The quantitative estimate of drug-likeness (QED) is 0.899. The molecule has 0 unspecified atom stereocenters. The topological polar surface area (TPSA) is 69.0 Å². The van der Waals surface area contributed by atoms with E-state index in [0.717, 1.165) is 16.9 Å². The van der Waals surface area contributed by atoms with Crippen LogP contribution in [-0.2, 0) is 11.3 Å². The van der Waals surface area contributed by atoms with Gasteiger partial charge in [-0.3, -0.25) is 4.79 Å². The van der Waals surface area contributed by atoms with E-state index in [0.29, 0.717) is 12.2 Å². The van der Waals surface area contributed by atoms with Crippen LogP contribution in [0.3, 0.4) is 0 Å². The van der Waals surface area contributed by atoms with Gasteiger partial charge in [0.2, 0.25) is 5.91 Å². The molecular formula is C15H12N4O. The average Bonchev–Trinajstić information content (AvgIpc) is 2.50. The van der Waals surface area contributed by atoms with Gasteiger partial charge in [-0.2, -0.15) is 5.26 Å². The minimum absolute atomic E-state index is 0.0130. The highest BCUT2D eigenvalue weighted by Gasteiger charge is 2.23. The highest BCUT2D eigenvalue weighted by molar-refractivity contribution is 6.02. The molecule has 3 rings (SSSR count). The summed E-state index contributed by atoms with van der Waals surface area (Å²) in [6, 6.07) is 13.2. The van der Waals surface area contributed by atoms with Crippen molar-refractivity contribution < 1.29 is 4.79 Å². The molecule has 5 heteroatoms. The van der Waals surface area contributed by atoms with Crippen LogP contribution in [-0.4, -0.2) is 17.4 Å². The fraction of sp³-hybridized carbons (Fsp3) is 0.133. The Morgan fingerprint density at radius 3 is 3.05 bits per heavy atom. The molecule has 20 heavy (non-hydrogen) atoms. The molecule has 0 fully saturated rings. The SMILES string of the molecule is N#Cc1cc(CN2C(=O)CNc3ccccc32)ccn1. The molecule has 1 N–H and O–H groups in total. The summed E-state index contributed by atoms with van der Waals surface area (Å²) >= 11 is 0. The molecule has 0 aliphatic carbocycles. The highest BCUT2D eigenvalue weighted by atomic mass is 16.2. The number of benzene rings is 1. The van der Waals surface area contributed by atoms with Crippen LogP contribution in [0.1, 0.15) is 11.3 Å². The number of pyridine rings is 1. The molecule has 0 spiro atoms. The maximum Gasteiger partial charge on any atom is 0.246 e. The van der Waals surface area contributed by atoms with Crippen molar-refractivity contribution in [1.29, 1.82) is 5.26 Å². The monoisotopic (exact) mass is 264 g/mol. The number of hydrogen-bond donors (Lipinski definition) is 1. The molecule has 1 aromatic carbocycles. The van der Waals surface area contributed by atoms with Crippen molar-refractivity contribution in [2.45, 2.75) is 6.54 Å². The largest absolute Gasteiger partial charge is 0.374 e. The third kappa shape index (κ3) is 2.19. The molecule has 98 valence electrons. The molecule has 2 aromatic rings. The average molecular weight is 264 g/mol. The molecule has 0 saturated carbocycles. The van der Waals surface area contributed by atoms with Gasteiger partial charge in [0.05, 0.1) is 24.5 Å². The molecule has 1 aromatic heterocycles. The first-order valence-corrected chi connectivity index (χ1v) is 6.26. The van der Waals surface area contributed by atoms with E-state index in [2.05, 4.69) is 10.3 Å². The second-order valence-electron chi connectivity index (χ2n) is 4.51. The Balaban J connectivity index is 1.94. The lowest BCUT2D eigenvalue weighted by atomic mass is 10.1. The van der Waals surface area contributed by atoms with Gasteiger partial charge in [0.1, 0.15) is 11.8 Å². The van der Waals surface area contributed by atoms with Gasteiger partial charge in [0, 0.05) is 6.20 Å². The van der Waals surface area contributed by atoms with Crippen LogP contribution in [0.4, 0.5) is 11.4 Å². The summed E-state index contributed by atoms with van der Waals surface area (Å²) in [6.07, 6.45) is 1.59. The lowest BCUT2D eigenvalue weighted by molar-refractivity contribution is -0.117. The van der Waals surface area contributed by atoms with Crippen LogP contribution in [0.15, 0.2) is 42.6 Å². The molecule has 0 radical (unpaired) electrons. The molecule has 0 atom stereocenters. The number of amides is 1. The maximum atomic E-state index is 12.1. The summed E-state index contributed by atoms with van der Waals surface area (Å²) < 4.78 is 0. The van der Waals surface area contributed by atoms with E-state index in [1.54, 1.807) is 17.2 Å². The number of nitrogens with one attached hydrogen (secondary N) is 1. The van der Waals surface area contributed by atoms with Crippen LogP contribution in [0, 0.1) is 11.3 Å². The third-order valence-corrected chi connectivity index (χ3v) is 3.21. The van der Waals surface area contributed by atoms with Gasteiger partial charge < -0.3 is 10.2 Å². The second kappa shape index (κ2) is 5.02. The molecule has 1 aliphatic rings. The fourth-order valence-corrected chi connectivity index (χ4v) is 2.25. The molecular weight excluding hydrogens is 252 g/mol. The zero-order valence-corrected chi connectivity index (χ0v) is 10.7. The lowest BCUT2D eigenvalue weighted by Crippen LogP contribution is -2.39. The van der Waals surface area contributed by atoms with Gasteiger partial charge in [0.25, 0.3) is 0 Å². The number of rotatable bonds is 2.